The minimum Gasteiger partial charge on any atom is -0.394 e. The Bertz CT molecular complexity index is 409. The summed E-state index contributed by atoms with van der Waals surface area (Å²) in [4.78, 5) is 13.3. The molecule has 2 N–H and O–H groups in total. The Morgan fingerprint density at radius 3 is 2.83 bits per heavy atom. The summed E-state index contributed by atoms with van der Waals surface area (Å²) >= 11 is 1.61. The van der Waals surface area contributed by atoms with Gasteiger partial charge >= 0.3 is 0 Å². The number of fused-ring (bicyclic) bond motifs is 1. The van der Waals surface area contributed by atoms with Gasteiger partial charge in [-0.15, -0.1) is 11.8 Å². The van der Waals surface area contributed by atoms with Crippen molar-refractivity contribution in [3.8, 4) is 0 Å². The lowest BCUT2D eigenvalue weighted by Gasteiger charge is -2.21. The van der Waals surface area contributed by atoms with Gasteiger partial charge in [-0.1, -0.05) is 32.0 Å². The summed E-state index contributed by atoms with van der Waals surface area (Å²) in [6.07, 6.45) is 0.781. The molecule has 1 heterocycles. The molecule has 0 spiro atoms. The molecule has 98 valence electrons. The molecular weight excluding hydrogens is 246 g/mol. The number of nitrogens with one attached hydrogen (secondary N) is 1. The summed E-state index contributed by atoms with van der Waals surface area (Å²) in [6.45, 7) is 3.99. The van der Waals surface area contributed by atoms with E-state index >= 15 is 0 Å². The zero-order valence-corrected chi connectivity index (χ0v) is 11.5. The maximum atomic E-state index is 12.1. The number of carbonyl (C=O) groups is 1. The molecule has 0 saturated heterocycles. The number of amides is 1. The van der Waals surface area contributed by atoms with Gasteiger partial charge in [0.15, 0.2) is 0 Å². The summed E-state index contributed by atoms with van der Waals surface area (Å²) in [5.74, 6) is 0.275. The highest BCUT2D eigenvalue weighted by molar-refractivity contribution is 8.01. The van der Waals surface area contributed by atoms with Crippen LogP contribution in [0.15, 0.2) is 29.2 Å². The Hall–Kier alpha value is -1.00. The fraction of sp³-hybridized carbons (Fsp3) is 0.500. The fourth-order valence-electron chi connectivity index (χ4n) is 2.03. The number of rotatable bonds is 4. The maximum Gasteiger partial charge on any atom is 0.234 e. The second-order valence-electron chi connectivity index (χ2n) is 4.96. The van der Waals surface area contributed by atoms with Crippen LogP contribution in [0.3, 0.4) is 0 Å². The third kappa shape index (κ3) is 2.87. The Balaban J connectivity index is 1.97. The number of carbonyl (C=O) groups excluding carboxylic acids is 1. The Morgan fingerprint density at radius 2 is 2.22 bits per heavy atom. The molecule has 2 rings (SSSR count). The molecule has 1 amide bonds. The normalized spacial score (nSPS) is 19.7. The minimum atomic E-state index is -0.151. The van der Waals surface area contributed by atoms with Crippen LogP contribution in [0.5, 0.6) is 0 Å². The molecule has 1 aromatic carbocycles. The van der Waals surface area contributed by atoms with E-state index in [1.54, 1.807) is 11.8 Å². The SMILES string of the molecule is CC(C)C(CO)NC(=O)C1Cc2ccccc2S1. The van der Waals surface area contributed by atoms with Gasteiger partial charge in [-0.2, -0.15) is 0 Å². The Labute approximate surface area is 112 Å². The molecule has 0 radical (unpaired) electrons. The number of thioether (sulfide) groups is 1. The van der Waals surface area contributed by atoms with Gasteiger partial charge in [-0.25, -0.2) is 0 Å². The second kappa shape index (κ2) is 5.76. The second-order valence-corrected chi connectivity index (χ2v) is 6.20. The molecule has 2 atom stereocenters. The molecule has 1 aliphatic rings. The van der Waals surface area contributed by atoms with Crippen LogP contribution in [-0.4, -0.2) is 28.9 Å². The minimum absolute atomic E-state index is 0.00621. The lowest BCUT2D eigenvalue weighted by atomic mass is 10.0. The van der Waals surface area contributed by atoms with Crippen LogP contribution in [0.25, 0.3) is 0 Å². The molecular formula is C14H19NO2S. The molecule has 1 aliphatic heterocycles. The highest BCUT2D eigenvalue weighted by atomic mass is 32.2. The van der Waals surface area contributed by atoms with E-state index in [-0.39, 0.29) is 29.7 Å². The van der Waals surface area contributed by atoms with Crippen LogP contribution in [0.1, 0.15) is 19.4 Å². The quantitative estimate of drug-likeness (QED) is 0.873. The van der Waals surface area contributed by atoms with Crippen molar-refractivity contribution in [1.82, 2.24) is 5.32 Å². The van der Waals surface area contributed by atoms with Gasteiger partial charge in [0.25, 0.3) is 0 Å². The van der Waals surface area contributed by atoms with Crippen molar-refractivity contribution in [2.24, 2.45) is 5.92 Å². The molecule has 4 heteroatoms. The smallest absolute Gasteiger partial charge is 0.234 e. The molecule has 1 aromatic rings. The van der Waals surface area contributed by atoms with Gasteiger partial charge in [0.05, 0.1) is 17.9 Å². The molecule has 0 aliphatic carbocycles. The Morgan fingerprint density at radius 1 is 1.50 bits per heavy atom. The van der Waals surface area contributed by atoms with Crippen LogP contribution < -0.4 is 5.32 Å². The van der Waals surface area contributed by atoms with Crippen molar-refractivity contribution in [2.45, 2.75) is 36.5 Å². The van der Waals surface area contributed by atoms with E-state index in [2.05, 4.69) is 17.4 Å². The van der Waals surface area contributed by atoms with E-state index in [9.17, 15) is 9.90 Å². The Kier molecular flexibility index (Phi) is 4.30. The van der Waals surface area contributed by atoms with Crippen LogP contribution >= 0.6 is 11.8 Å². The first-order valence-electron chi connectivity index (χ1n) is 6.27. The maximum absolute atomic E-state index is 12.1. The van der Waals surface area contributed by atoms with Crippen molar-refractivity contribution < 1.29 is 9.90 Å². The average Bonchev–Trinajstić information content (AvgIpc) is 2.79. The van der Waals surface area contributed by atoms with E-state index < -0.39 is 0 Å². The van der Waals surface area contributed by atoms with Crippen molar-refractivity contribution in [2.75, 3.05) is 6.61 Å². The lowest BCUT2D eigenvalue weighted by Crippen LogP contribution is -2.44. The summed E-state index contributed by atoms with van der Waals surface area (Å²) in [7, 11) is 0. The summed E-state index contributed by atoms with van der Waals surface area (Å²) in [5, 5.41) is 12.1. The summed E-state index contributed by atoms with van der Waals surface area (Å²) < 4.78 is 0. The summed E-state index contributed by atoms with van der Waals surface area (Å²) in [5.41, 5.74) is 1.24. The van der Waals surface area contributed by atoms with Crippen LogP contribution in [-0.2, 0) is 11.2 Å². The van der Waals surface area contributed by atoms with Gasteiger partial charge in [0.1, 0.15) is 0 Å². The zero-order valence-electron chi connectivity index (χ0n) is 10.7. The first-order valence-corrected chi connectivity index (χ1v) is 7.15. The molecule has 0 bridgehead atoms. The fourth-order valence-corrected chi connectivity index (χ4v) is 3.23. The molecule has 0 saturated carbocycles. The average molecular weight is 265 g/mol. The molecule has 0 aromatic heterocycles. The number of aliphatic hydroxyl groups is 1. The highest BCUT2D eigenvalue weighted by Crippen LogP contribution is 2.36. The first kappa shape index (κ1) is 13.4. The van der Waals surface area contributed by atoms with Gasteiger partial charge in [-0.05, 0) is 24.0 Å². The predicted molar refractivity (Wildman–Crippen MR) is 73.6 cm³/mol. The van der Waals surface area contributed by atoms with E-state index in [1.165, 1.54) is 10.5 Å². The van der Waals surface area contributed by atoms with E-state index in [0.717, 1.165) is 6.42 Å². The standard InChI is InChI=1S/C14H19NO2S/c1-9(2)11(8-16)15-14(17)13-7-10-5-3-4-6-12(10)18-13/h3-6,9,11,13,16H,7-8H2,1-2H3,(H,15,17). The van der Waals surface area contributed by atoms with Crippen molar-refractivity contribution in [1.29, 1.82) is 0 Å². The lowest BCUT2D eigenvalue weighted by molar-refractivity contribution is -0.121. The van der Waals surface area contributed by atoms with Crippen molar-refractivity contribution in [3.63, 3.8) is 0 Å². The number of hydrogen-bond donors (Lipinski definition) is 2. The molecule has 3 nitrogen and oxygen atoms in total. The monoisotopic (exact) mass is 265 g/mol. The summed E-state index contributed by atoms with van der Waals surface area (Å²) in [6, 6.07) is 7.98. The van der Waals surface area contributed by atoms with Gasteiger partial charge in [-0.3, -0.25) is 4.79 Å². The zero-order chi connectivity index (χ0) is 13.1. The largest absolute Gasteiger partial charge is 0.394 e. The van der Waals surface area contributed by atoms with E-state index in [0.29, 0.717) is 0 Å². The molecule has 18 heavy (non-hydrogen) atoms. The van der Waals surface area contributed by atoms with E-state index in [1.807, 2.05) is 26.0 Å². The third-order valence-corrected chi connectivity index (χ3v) is 4.59. The molecule has 0 fully saturated rings. The van der Waals surface area contributed by atoms with Gasteiger partial charge in [0, 0.05) is 4.90 Å². The topological polar surface area (TPSA) is 49.3 Å². The number of hydrogen-bond acceptors (Lipinski definition) is 3. The first-order chi connectivity index (χ1) is 8.61. The number of benzene rings is 1. The highest BCUT2D eigenvalue weighted by Gasteiger charge is 2.29. The van der Waals surface area contributed by atoms with Crippen LogP contribution in [0, 0.1) is 5.92 Å². The van der Waals surface area contributed by atoms with E-state index in [4.69, 9.17) is 0 Å². The van der Waals surface area contributed by atoms with Crippen LogP contribution in [0.4, 0.5) is 0 Å². The van der Waals surface area contributed by atoms with Gasteiger partial charge in [0.2, 0.25) is 5.91 Å². The molecule has 2 unspecified atom stereocenters. The van der Waals surface area contributed by atoms with Crippen molar-refractivity contribution >= 4 is 17.7 Å². The number of aliphatic hydroxyl groups excluding tert-OH is 1. The third-order valence-electron chi connectivity index (χ3n) is 3.27. The predicted octanol–water partition coefficient (Wildman–Crippen LogP) is 1.84. The van der Waals surface area contributed by atoms with Crippen molar-refractivity contribution in [3.05, 3.63) is 29.8 Å². The van der Waals surface area contributed by atoms with Gasteiger partial charge < -0.3 is 10.4 Å². The van der Waals surface area contributed by atoms with Crippen LogP contribution in [0.2, 0.25) is 0 Å².